The van der Waals surface area contributed by atoms with Gasteiger partial charge in [-0.05, 0) is 19.1 Å². The van der Waals surface area contributed by atoms with E-state index in [2.05, 4.69) is 5.32 Å². The van der Waals surface area contributed by atoms with Crippen LogP contribution in [0.15, 0.2) is 12.1 Å². The molecule has 1 aromatic rings. The van der Waals surface area contributed by atoms with Crippen LogP contribution >= 0.6 is 11.6 Å². The highest BCUT2D eigenvalue weighted by molar-refractivity contribution is 6.32. The molecular weight excluding hydrogens is 324 g/mol. The van der Waals surface area contributed by atoms with Gasteiger partial charge in [0.15, 0.2) is 11.5 Å². The van der Waals surface area contributed by atoms with Crippen LogP contribution in [0, 0.1) is 0 Å². The van der Waals surface area contributed by atoms with Crippen molar-refractivity contribution in [2.75, 3.05) is 33.1 Å². The lowest BCUT2D eigenvalue weighted by Gasteiger charge is -2.29. The maximum Gasteiger partial charge on any atom is 0.252 e. The Morgan fingerprint density at radius 3 is 2.74 bits per heavy atom. The smallest absolute Gasteiger partial charge is 0.252 e. The van der Waals surface area contributed by atoms with Crippen LogP contribution in [-0.2, 0) is 9.53 Å². The number of amides is 2. The topological polar surface area (TPSA) is 77.1 Å². The summed E-state index contributed by atoms with van der Waals surface area (Å²) in [5, 5.41) is 2.99. The average Bonchev–Trinajstić information content (AvgIpc) is 3.04. The van der Waals surface area contributed by atoms with E-state index in [0.717, 1.165) is 0 Å². The Balaban J connectivity index is 1.66. The molecule has 2 amide bonds. The van der Waals surface area contributed by atoms with E-state index in [-0.39, 0.29) is 18.6 Å². The quantitative estimate of drug-likeness (QED) is 0.890. The number of fused-ring (bicyclic) bond motifs is 1. The number of nitrogens with zero attached hydrogens (tertiary/aromatic N) is 1. The van der Waals surface area contributed by atoms with Crippen LogP contribution in [0.25, 0.3) is 0 Å². The molecule has 2 aliphatic heterocycles. The molecule has 8 heteroatoms. The number of ether oxygens (including phenoxy) is 3. The number of hydrogen-bond donors (Lipinski definition) is 1. The summed E-state index contributed by atoms with van der Waals surface area (Å²) < 4.78 is 15.7. The third kappa shape index (κ3) is 3.35. The highest BCUT2D eigenvalue weighted by Crippen LogP contribution is 2.39. The molecule has 2 heterocycles. The predicted molar refractivity (Wildman–Crippen MR) is 81.9 cm³/mol. The van der Waals surface area contributed by atoms with Gasteiger partial charge < -0.3 is 24.4 Å². The normalized spacial score (nSPS) is 17.7. The lowest BCUT2D eigenvalue weighted by Crippen LogP contribution is -2.50. The molecule has 1 fully saturated rings. The van der Waals surface area contributed by atoms with E-state index < -0.39 is 6.04 Å². The molecule has 1 aromatic carbocycles. The molecule has 0 aromatic heterocycles. The monoisotopic (exact) mass is 340 g/mol. The second-order valence-electron chi connectivity index (χ2n) is 5.32. The molecule has 2 aliphatic rings. The van der Waals surface area contributed by atoms with Gasteiger partial charge in [-0.25, -0.2) is 0 Å². The number of halogens is 1. The number of rotatable bonds is 3. The summed E-state index contributed by atoms with van der Waals surface area (Å²) in [6, 6.07) is 2.41. The zero-order chi connectivity index (χ0) is 16.4. The lowest BCUT2D eigenvalue weighted by atomic mass is 10.1. The molecule has 1 N–H and O–H groups in total. The lowest BCUT2D eigenvalue weighted by molar-refractivity contribution is -0.136. The van der Waals surface area contributed by atoms with E-state index in [1.165, 1.54) is 6.07 Å². The van der Waals surface area contributed by atoms with Crippen LogP contribution in [0.5, 0.6) is 11.5 Å². The van der Waals surface area contributed by atoms with E-state index in [4.69, 9.17) is 25.8 Å². The van der Waals surface area contributed by atoms with E-state index in [0.29, 0.717) is 48.4 Å². The molecule has 3 rings (SSSR count). The molecule has 0 radical (unpaired) electrons. The van der Waals surface area contributed by atoms with Crippen molar-refractivity contribution in [1.82, 2.24) is 10.2 Å². The molecule has 0 spiro atoms. The van der Waals surface area contributed by atoms with Gasteiger partial charge in [0.1, 0.15) is 6.04 Å². The molecule has 7 nitrogen and oxygen atoms in total. The molecule has 0 saturated carbocycles. The molecule has 1 atom stereocenters. The van der Waals surface area contributed by atoms with Crippen molar-refractivity contribution in [3.63, 3.8) is 0 Å². The molecule has 23 heavy (non-hydrogen) atoms. The van der Waals surface area contributed by atoms with Crippen LogP contribution in [0.3, 0.4) is 0 Å². The third-order valence-electron chi connectivity index (χ3n) is 3.73. The first kappa shape index (κ1) is 15.9. The summed E-state index contributed by atoms with van der Waals surface area (Å²) in [5.74, 6) is 0.336. The summed E-state index contributed by atoms with van der Waals surface area (Å²) in [7, 11) is 0. The minimum absolute atomic E-state index is 0.0754. The summed E-state index contributed by atoms with van der Waals surface area (Å²) in [6.45, 7) is 3.84. The zero-order valence-electron chi connectivity index (χ0n) is 12.6. The standard InChI is InChI=1S/C15H17ClN2O5/c1-9(15(20)18-2-4-21-5-3-18)17-14(19)10-6-11(16)13-12(7-10)22-8-23-13/h6-7,9H,2-5,8H2,1H3,(H,17,19)/t9-/m1/s1. The molecule has 0 aliphatic carbocycles. The Bertz CT molecular complexity index is 631. The number of nitrogens with one attached hydrogen (secondary N) is 1. The van der Waals surface area contributed by atoms with Crippen molar-refractivity contribution in [2.45, 2.75) is 13.0 Å². The van der Waals surface area contributed by atoms with E-state index >= 15 is 0 Å². The van der Waals surface area contributed by atoms with Crippen molar-refractivity contribution in [1.29, 1.82) is 0 Å². The number of morpholine rings is 1. The highest BCUT2D eigenvalue weighted by atomic mass is 35.5. The van der Waals surface area contributed by atoms with Crippen molar-refractivity contribution >= 4 is 23.4 Å². The van der Waals surface area contributed by atoms with Gasteiger partial charge in [0.05, 0.1) is 18.2 Å². The van der Waals surface area contributed by atoms with E-state index in [9.17, 15) is 9.59 Å². The number of carbonyl (C=O) groups excluding carboxylic acids is 2. The fourth-order valence-electron chi connectivity index (χ4n) is 2.50. The van der Waals surface area contributed by atoms with Gasteiger partial charge >= 0.3 is 0 Å². The summed E-state index contributed by atoms with van der Waals surface area (Å²) in [4.78, 5) is 26.3. The second-order valence-corrected chi connectivity index (χ2v) is 5.73. The SMILES string of the molecule is C[C@@H](NC(=O)c1cc(Cl)c2c(c1)OCO2)C(=O)N1CCOCC1. The molecule has 1 saturated heterocycles. The van der Waals surface area contributed by atoms with Crippen LogP contribution < -0.4 is 14.8 Å². The Morgan fingerprint density at radius 2 is 2.00 bits per heavy atom. The minimum Gasteiger partial charge on any atom is -0.454 e. The minimum atomic E-state index is -0.634. The van der Waals surface area contributed by atoms with Crippen molar-refractivity contribution in [3.05, 3.63) is 22.7 Å². The van der Waals surface area contributed by atoms with Gasteiger partial charge in [-0.2, -0.15) is 0 Å². The van der Waals surface area contributed by atoms with Gasteiger partial charge in [0, 0.05) is 18.7 Å². The van der Waals surface area contributed by atoms with E-state index in [1.807, 2.05) is 0 Å². The van der Waals surface area contributed by atoms with Crippen molar-refractivity contribution in [2.24, 2.45) is 0 Å². The van der Waals surface area contributed by atoms with Gasteiger partial charge in [-0.1, -0.05) is 11.6 Å². The van der Waals surface area contributed by atoms with Crippen molar-refractivity contribution < 1.29 is 23.8 Å². The summed E-state index contributed by atoms with van der Waals surface area (Å²) in [6.07, 6.45) is 0. The number of hydrogen-bond acceptors (Lipinski definition) is 5. The fraction of sp³-hybridized carbons (Fsp3) is 0.467. The molecular formula is C15H17ClN2O5. The van der Waals surface area contributed by atoms with Gasteiger partial charge in [-0.15, -0.1) is 0 Å². The maximum absolute atomic E-state index is 12.3. The van der Waals surface area contributed by atoms with E-state index in [1.54, 1.807) is 17.9 Å². The largest absolute Gasteiger partial charge is 0.454 e. The summed E-state index contributed by atoms with van der Waals surface area (Å²) in [5.41, 5.74) is 0.320. The number of benzene rings is 1. The first-order valence-electron chi connectivity index (χ1n) is 7.33. The van der Waals surface area contributed by atoms with Crippen LogP contribution in [-0.4, -0.2) is 55.9 Å². The fourth-order valence-corrected chi connectivity index (χ4v) is 2.76. The summed E-state index contributed by atoms with van der Waals surface area (Å²) >= 11 is 6.07. The Morgan fingerprint density at radius 1 is 1.26 bits per heavy atom. The Hall–Kier alpha value is -1.99. The van der Waals surface area contributed by atoms with Crippen LogP contribution in [0.4, 0.5) is 0 Å². The third-order valence-corrected chi connectivity index (χ3v) is 4.01. The molecule has 124 valence electrons. The average molecular weight is 341 g/mol. The molecule has 0 bridgehead atoms. The van der Waals surface area contributed by atoms with Crippen LogP contribution in [0.2, 0.25) is 5.02 Å². The highest BCUT2D eigenvalue weighted by Gasteiger charge is 2.25. The van der Waals surface area contributed by atoms with Gasteiger partial charge in [-0.3, -0.25) is 9.59 Å². The van der Waals surface area contributed by atoms with Crippen molar-refractivity contribution in [3.8, 4) is 11.5 Å². The van der Waals surface area contributed by atoms with Gasteiger partial charge in [0.25, 0.3) is 5.91 Å². The Labute approximate surface area is 138 Å². The first-order chi connectivity index (χ1) is 11.1. The van der Waals surface area contributed by atoms with Crippen LogP contribution in [0.1, 0.15) is 17.3 Å². The number of carbonyl (C=O) groups is 2. The Kier molecular flexibility index (Phi) is 4.58. The maximum atomic E-state index is 12.3. The predicted octanol–water partition coefficient (Wildman–Crippen LogP) is 1.05. The zero-order valence-corrected chi connectivity index (χ0v) is 13.4. The first-order valence-corrected chi connectivity index (χ1v) is 7.70. The molecule has 0 unspecified atom stereocenters. The second kappa shape index (κ2) is 6.64. The van der Waals surface area contributed by atoms with Gasteiger partial charge in [0.2, 0.25) is 12.7 Å².